The molecule has 32 heavy (non-hydrogen) atoms. The second-order valence-electron chi connectivity index (χ2n) is 8.45. The van der Waals surface area contributed by atoms with Gasteiger partial charge in [-0.2, -0.15) is 0 Å². The third-order valence-corrected chi connectivity index (χ3v) is 5.34. The average molecular weight is 501 g/mol. The fraction of sp³-hybridized carbons (Fsp3) is 0.360. The second kappa shape index (κ2) is 10.2. The molecule has 0 spiro atoms. The zero-order valence-corrected chi connectivity index (χ0v) is 20.5. The van der Waals surface area contributed by atoms with Gasteiger partial charge in [-0.05, 0) is 44.9 Å². The maximum absolute atomic E-state index is 12.3. The topological polar surface area (TPSA) is 69.6 Å². The van der Waals surface area contributed by atoms with Crippen LogP contribution in [0.4, 0.5) is 5.69 Å². The smallest absolute Gasteiger partial charge is 0.344 e. The Bertz CT molecular complexity index is 1100. The molecule has 3 aromatic rings. The summed E-state index contributed by atoms with van der Waals surface area (Å²) in [5, 5.41) is 3.98. The molecule has 2 aromatic carbocycles. The molecule has 0 aliphatic rings. The van der Waals surface area contributed by atoms with Crippen molar-refractivity contribution in [1.82, 2.24) is 4.57 Å². The Morgan fingerprint density at radius 1 is 1.06 bits per heavy atom. The number of nitrogens with one attached hydrogen (secondary N) is 1. The summed E-state index contributed by atoms with van der Waals surface area (Å²) in [7, 11) is 0. The molecule has 1 heterocycles. The van der Waals surface area contributed by atoms with E-state index in [-0.39, 0.29) is 17.8 Å². The Morgan fingerprint density at radius 2 is 1.78 bits per heavy atom. The molecule has 1 aromatic heterocycles. The summed E-state index contributed by atoms with van der Waals surface area (Å²) in [6.45, 7) is 7.94. The van der Waals surface area contributed by atoms with Gasteiger partial charge in [-0.15, -0.1) is 0 Å². The number of hydrogen-bond acceptors (Lipinski definition) is 4. The van der Waals surface area contributed by atoms with E-state index in [1.807, 2.05) is 57.2 Å². The van der Waals surface area contributed by atoms with Crippen molar-refractivity contribution in [2.75, 3.05) is 17.3 Å². The quantitative estimate of drug-likeness (QED) is 0.336. The third kappa shape index (κ3) is 5.71. The number of anilines is 1. The van der Waals surface area contributed by atoms with Crippen molar-refractivity contribution in [3.8, 4) is 5.75 Å². The maximum Gasteiger partial charge on any atom is 0.344 e. The lowest BCUT2D eigenvalue weighted by atomic mass is 10.2. The van der Waals surface area contributed by atoms with Crippen LogP contribution in [0.25, 0.3) is 10.9 Å². The molecule has 3 rings (SSSR count). The lowest BCUT2D eigenvalue weighted by molar-refractivity contribution is -0.157. The van der Waals surface area contributed by atoms with Crippen molar-refractivity contribution in [2.45, 2.75) is 46.3 Å². The van der Waals surface area contributed by atoms with E-state index < -0.39 is 11.6 Å². The van der Waals surface area contributed by atoms with E-state index >= 15 is 0 Å². The van der Waals surface area contributed by atoms with Gasteiger partial charge in [0.25, 0.3) is 0 Å². The Labute approximate surface area is 197 Å². The lowest BCUT2D eigenvalue weighted by Gasteiger charge is -2.19. The Balaban J connectivity index is 2.07. The van der Waals surface area contributed by atoms with Gasteiger partial charge in [-0.3, -0.25) is 4.79 Å². The Kier molecular flexibility index (Phi) is 7.61. The minimum Gasteiger partial charge on any atom is -0.481 e. The van der Waals surface area contributed by atoms with Crippen LogP contribution >= 0.6 is 15.9 Å². The van der Waals surface area contributed by atoms with Crippen LogP contribution in [0.15, 0.2) is 48.5 Å². The second-order valence-corrected chi connectivity index (χ2v) is 9.01. The summed E-state index contributed by atoms with van der Waals surface area (Å²) in [5.41, 5.74) is 3.19. The Morgan fingerprint density at radius 3 is 2.41 bits per heavy atom. The molecule has 1 N–H and O–H groups in total. The summed E-state index contributed by atoms with van der Waals surface area (Å²) < 4.78 is 13.5. The Hall–Kier alpha value is -2.80. The number of halogens is 1. The first-order valence-electron chi connectivity index (χ1n) is 10.6. The summed E-state index contributed by atoms with van der Waals surface area (Å²) in [6, 6.07) is 15.9. The molecule has 0 atom stereocenters. The highest BCUT2D eigenvalue weighted by atomic mass is 79.9. The van der Waals surface area contributed by atoms with Crippen molar-refractivity contribution in [1.29, 1.82) is 0 Å². The minimum absolute atomic E-state index is 0.152. The number of alkyl halides is 1. The molecule has 7 heteroatoms. The highest BCUT2D eigenvalue weighted by Gasteiger charge is 2.22. The number of esters is 1. The van der Waals surface area contributed by atoms with Crippen molar-refractivity contribution < 1.29 is 19.1 Å². The normalized spacial score (nSPS) is 11.4. The number of carbonyl (C=O) groups excluding carboxylic acids is 2. The van der Waals surface area contributed by atoms with E-state index in [1.165, 1.54) is 0 Å². The van der Waals surface area contributed by atoms with E-state index in [9.17, 15) is 9.59 Å². The molecule has 6 nitrogen and oxygen atoms in total. The number of ether oxygens (including phenoxy) is 2. The summed E-state index contributed by atoms with van der Waals surface area (Å²) in [4.78, 5) is 24.5. The van der Waals surface area contributed by atoms with Crippen LogP contribution in [-0.2, 0) is 27.3 Å². The van der Waals surface area contributed by atoms with Gasteiger partial charge < -0.3 is 19.4 Å². The highest BCUT2D eigenvalue weighted by Crippen LogP contribution is 2.38. The maximum atomic E-state index is 12.3. The number of amides is 1. The van der Waals surface area contributed by atoms with E-state index in [4.69, 9.17) is 9.47 Å². The molecule has 0 aliphatic heterocycles. The molecular weight excluding hydrogens is 472 g/mol. The van der Waals surface area contributed by atoms with E-state index in [0.717, 1.165) is 22.2 Å². The van der Waals surface area contributed by atoms with Gasteiger partial charge in [0.05, 0.1) is 21.9 Å². The molecule has 0 fully saturated rings. The fourth-order valence-electron chi connectivity index (χ4n) is 3.67. The van der Waals surface area contributed by atoms with Gasteiger partial charge in [0.2, 0.25) is 5.91 Å². The van der Waals surface area contributed by atoms with Crippen LogP contribution in [0.2, 0.25) is 0 Å². The van der Waals surface area contributed by atoms with Gasteiger partial charge in [0.15, 0.2) is 6.61 Å². The molecule has 0 unspecified atom stereocenters. The fourth-order valence-corrected chi connectivity index (χ4v) is 3.81. The molecule has 0 bridgehead atoms. The summed E-state index contributed by atoms with van der Waals surface area (Å²) >= 11 is 3.23. The molecule has 0 saturated heterocycles. The number of benzene rings is 2. The molecule has 170 valence electrons. The monoisotopic (exact) mass is 500 g/mol. The van der Waals surface area contributed by atoms with Crippen LogP contribution < -0.4 is 10.1 Å². The highest BCUT2D eigenvalue weighted by molar-refractivity contribution is 9.09. The molecule has 1 amide bonds. The first-order valence-corrected chi connectivity index (χ1v) is 11.7. The zero-order chi connectivity index (χ0) is 23.3. The number of aromatic nitrogens is 1. The first-order chi connectivity index (χ1) is 15.2. The summed E-state index contributed by atoms with van der Waals surface area (Å²) in [6.07, 6.45) is 0.713. The molecule has 0 radical (unpaired) electrons. The SMILES string of the molecule is CCc1c(NC(=O)CBr)c2c(OCC(=O)OC(C)(C)C)cccc2n1Cc1ccccc1. The predicted molar refractivity (Wildman–Crippen MR) is 131 cm³/mol. The van der Waals surface area contributed by atoms with Gasteiger partial charge in [0, 0.05) is 12.2 Å². The van der Waals surface area contributed by atoms with Crippen LogP contribution in [0, 0.1) is 0 Å². The average Bonchev–Trinajstić information content (AvgIpc) is 3.04. The number of hydrogen-bond donors (Lipinski definition) is 1. The van der Waals surface area contributed by atoms with E-state index in [2.05, 4.69) is 44.9 Å². The minimum atomic E-state index is -0.587. The summed E-state index contributed by atoms with van der Waals surface area (Å²) in [5.74, 6) is -0.0693. The number of carbonyl (C=O) groups is 2. The number of nitrogens with zero attached hydrogens (tertiary/aromatic N) is 1. The molecular formula is C25H29BrN2O4. The van der Waals surface area contributed by atoms with Crippen LogP contribution in [-0.4, -0.2) is 34.0 Å². The standard InChI is InChI=1S/C25H29BrN2O4/c1-5-18-24(27-21(29)14-26)23-19(28(18)15-17-10-7-6-8-11-17)12-9-13-20(23)31-16-22(30)32-25(2,3)4/h6-13H,5,14-16H2,1-4H3,(H,27,29). The van der Waals surface area contributed by atoms with Gasteiger partial charge in [-0.25, -0.2) is 4.79 Å². The van der Waals surface area contributed by atoms with Crippen LogP contribution in [0.1, 0.15) is 39.0 Å². The first kappa shape index (κ1) is 23.9. The van der Waals surface area contributed by atoms with E-state index in [0.29, 0.717) is 24.4 Å². The van der Waals surface area contributed by atoms with Crippen LogP contribution in [0.5, 0.6) is 5.75 Å². The largest absolute Gasteiger partial charge is 0.481 e. The van der Waals surface area contributed by atoms with Gasteiger partial charge in [0.1, 0.15) is 11.4 Å². The van der Waals surface area contributed by atoms with Crippen molar-refractivity contribution >= 4 is 44.4 Å². The predicted octanol–water partition coefficient (Wildman–Crippen LogP) is 5.31. The van der Waals surface area contributed by atoms with Crippen molar-refractivity contribution in [3.63, 3.8) is 0 Å². The lowest BCUT2D eigenvalue weighted by Crippen LogP contribution is -2.27. The zero-order valence-electron chi connectivity index (χ0n) is 18.9. The number of rotatable bonds is 8. The van der Waals surface area contributed by atoms with Crippen LogP contribution in [0.3, 0.4) is 0 Å². The van der Waals surface area contributed by atoms with Crippen molar-refractivity contribution in [2.24, 2.45) is 0 Å². The molecule has 0 aliphatic carbocycles. The van der Waals surface area contributed by atoms with Gasteiger partial charge >= 0.3 is 5.97 Å². The van der Waals surface area contributed by atoms with Gasteiger partial charge in [-0.1, -0.05) is 59.3 Å². The number of fused-ring (bicyclic) bond motifs is 1. The molecule has 0 saturated carbocycles. The van der Waals surface area contributed by atoms with E-state index in [1.54, 1.807) is 0 Å². The van der Waals surface area contributed by atoms with Crippen molar-refractivity contribution in [3.05, 3.63) is 59.8 Å². The third-order valence-electron chi connectivity index (χ3n) is 4.83.